The van der Waals surface area contributed by atoms with Crippen molar-refractivity contribution in [3.05, 3.63) is 34.1 Å². The standard InChI is InChI=1S/C14H19N3O2S/c1-10(2)14-16-13(19-17-14)6-3-7-15-12(18)9-11-5-4-8-20-11/h4-5,8,10H,3,6-7,9H2,1-2H3,(H,15,18). The topological polar surface area (TPSA) is 68.0 Å². The number of nitrogens with zero attached hydrogens (tertiary/aromatic N) is 2. The maximum Gasteiger partial charge on any atom is 0.226 e. The second-order valence-corrected chi connectivity index (χ2v) is 5.94. The Bertz CT molecular complexity index is 534. The lowest BCUT2D eigenvalue weighted by Gasteiger charge is -2.02. The molecule has 0 saturated heterocycles. The number of hydrogen-bond acceptors (Lipinski definition) is 5. The molecule has 0 spiro atoms. The summed E-state index contributed by atoms with van der Waals surface area (Å²) in [5, 5.41) is 8.78. The van der Waals surface area contributed by atoms with E-state index in [1.807, 2.05) is 31.4 Å². The van der Waals surface area contributed by atoms with Crippen LogP contribution in [-0.4, -0.2) is 22.6 Å². The number of hydrogen-bond donors (Lipinski definition) is 1. The van der Waals surface area contributed by atoms with Crippen LogP contribution in [0.15, 0.2) is 22.0 Å². The third-order valence-electron chi connectivity index (χ3n) is 2.80. The van der Waals surface area contributed by atoms with Gasteiger partial charge in [-0.05, 0) is 17.9 Å². The highest BCUT2D eigenvalue weighted by Gasteiger charge is 2.09. The molecule has 2 aromatic rings. The summed E-state index contributed by atoms with van der Waals surface area (Å²) in [5.41, 5.74) is 0. The number of thiophene rings is 1. The lowest BCUT2D eigenvalue weighted by atomic mass is 10.2. The summed E-state index contributed by atoms with van der Waals surface area (Å²) in [7, 11) is 0. The van der Waals surface area contributed by atoms with Crippen LogP contribution in [0.25, 0.3) is 0 Å². The van der Waals surface area contributed by atoms with Crippen LogP contribution in [0.4, 0.5) is 0 Å². The molecule has 0 radical (unpaired) electrons. The fourth-order valence-electron chi connectivity index (χ4n) is 1.71. The zero-order valence-corrected chi connectivity index (χ0v) is 12.6. The minimum absolute atomic E-state index is 0.0563. The van der Waals surface area contributed by atoms with Gasteiger partial charge < -0.3 is 9.84 Å². The van der Waals surface area contributed by atoms with Crippen LogP contribution in [0.1, 0.15) is 42.8 Å². The van der Waals surface area contributed by atoms with Gasteiger partial charge in [-0.15, -0.1) is 11.3 Å². The van der Waals surface area contributed by atoms with Gasteiger partial charge in [0.15, 0.2) is 5.82 Å². The van der Waals surface area contributed by atoms with Crippen molar-refractivity contribution in [1.29, 1.82) is 0 Å². The molecule has 0 aliphatic rings. The average molecular weight is 293 g/mol. The maximum absolute atomic E-state index is 11.7. The largest absolute Gasteiger partial charge is 0.356 e. The monoisotopic (exact) mass is 293 g/mol. The third kappa shape index (κ3) is 4.45. The molecular weight excluding hydrogens is 274 g/mol. The summed E-state index contributed by atoms with van der Waals surface area (Å²) in [6.45, 7) is 4.68. The highest BCUT2D eigenvalue weighted by atomic mass is 32.1. The highest BCUT2D eigenvalue weighted by molar-refractivity contribution is 7.10. The van der Waals surface area contributed by atoms with Crippen molar-refractivity contribution in [3.63, 3.8) is 0 Å². The zero-order chi connectivity index (χ0) is 14.4. The molecule has 108 valence electrons. The van der Waals surface area contributed by atoms with Crippen LogP contribution in [0.5, 0.6) is 0 Å². The van der Waals surface area contributed by atoms with Crippen molar-refractivity contribution in [2.75, 3.05) is 6.54 Å². The number of amides is 1. The number of nitrogens with one attached hydrogen (secondary N) is 1. The molecule has 1 N–H and O–H groups in total. The van der Waals surface area contributed by atoms with E-state index in [1.54, 1.807) is 11.3 Å². The van der Waals surface area contributed by atoms with Gasteiger partial charge in [-0.1, -0.05) is 25.1 Å². The molecule has 20 heavy (non-hydrogen) atoms. The van der Waals surface area contributed by atoms with E-state index in [2.05, 4.69) is 15.5 Å². The molecule has 0 aliphatic heterocycles. The first-order valence-corrected chi connectivity index (χ1v) is 7.64. The van der Waals surface area contributed by atoms with Crippen LogP contribution >= 0.6 is 11.3 Å². The van der Waals surface area contributed by atoms with Crippen molar-refractivity contribution >= 4 is 17.2 Å². The normalized spacial score (nSPS) is 10.9. The average Bonchev–Trinajstić information content (AvgIpc) is 3.05. The SMILES string of the molecule is CC(C)c1noc(CCCNC(=O)Cc2cccs2)n1. The van der Waals surface area contributed by atoms with Gasteiger partial charge in [0, 0.05) is 23.8 Å². The Hall–Kier alpha value is -1.69. The van der Waals surface area contributed by atoms with Gasteiger partial charge >= 0.3 is 0 Å². The zero-order valence-electron chi connectivity index (χ0n) is 11.8. The summed E-state index contributed by atoms with van der Waals surface area (Å²) in [6.07, 6.45) is 1.95. The van der Waals surface area contributed by atoms with E-state index in [4.69, 9.17) is 4.52 Å². The van der Waals surface area contributed by atoms with Crippen molar-refractivity contribution in [1.82, 2.24) is 15.5 Å². The smallest absolute Gasteiger partial charge is 0.226 e. The molecule has 2 rings (SSSR count). The first kappa shape index (κ1) is 14.7. The van der Waals surface area contributed by atoms with E-state index in [1.165, 1.54) is 0 Å². The molecule has 0 aromatic carbocycles. The summed E-state index contributed by atoms with van der Waals surface area (Å²) < 4.78 is 5.15. The van der Waals surface area contributed by atoms with E-state index < -0.39 is 0 Å². The van der Waals surface area contributed by atoms with E-state index >= 15 is 0 Å². The van der Waals surface area contributed by atoms with Crippen molar-refractivity contribution < 1.29 is 9.32 Å². The van der Waals surface area contributed by atoms with Gasteiger partial charge in [-0.25, -0.2) is 0 Å². The molecule has 0 unspecified atom stereocenters. The molecule has 2 aromatic heterocycles. The summed E-state index contributed by atoms with van der Waals surface area (Å²) in [6, 6.07) is 3.92. The Morgan fingerprint density at radius 3 is 3.00 bits per heavy atom. The Balaban J connectivity index is 1.64. The Kier molecular flexibility index (Phi) is 5.29. The van der Waals surface area contributed by atoms with Crippen LogP contribution in [0.2, 0.25) is 0 Å². The van der Waals surface area contributed by atoms with Crippen molar-refractivity contribution in [3.8, 4) is 0 Å². The van der Waals surface area contributed by atoms with Crippen LogP contribution in [-0.2, 0) is 17.6 Å². The number of carbonyl (C=O) groups is 1. The molecule has 0 atom stereocenters. The summed E-state index contributed by atoms with van der Waals surface area (Å²) in [5.74, 6) is 1.71. The quantitative estimate of drug-likeness (QED) is 0.797. The van der Waals surface area contributed by atoms with E-state index in [0.717, 1.165) is 17.1 Å². The molecule has 0 bridgehead atoms. The lowest BCUT2D eigenvalue weighted by Crippen LogP contribution is -2.26. The van der Waals surface area contributed by atoms with E-state index in [0.29, 0.717) is 25.3 Å². The van der Waals surface area contributed by atoms with E-state index in [9.17, 15) is 4.79 Å². The second kappa shape index (κ2) is 7.19. The summed E-state index contributed by atoms with van der Waals surface area (Å²) in [4.78, 5) is 17.0. The van der Waals surface area contributed by atoms with Gasteiger partial charge in [0.05, 0.1) is 6.42 Å². The fraction of sp³-hybridized carbons (Fsp3) is 0.500. The minimum atomic E-state index is 0.0563. The molecule has 0 saturated carbocycles. The van der Waals surface area contributed by atoms with Crippen molar-refractivity contribution in [2.45, 2.75) is 39.0 Å². The Labute approximate surface area is 122 Å². The maximum atomic E-state index is 11.7. The van der Waals surface area contributed by atoms with Crippen LogP contribution < -0.4 is 5.32 Å². The van der Waals surface area contributed by atoms with Crippen LogP contribution in [0, 0.1) is 0 Å². The number of aryl methyl sites for hydroxylation is 1. The number of carbonyl (C=O) groups excluding carboxylic acids is 1. The predicted octanol–water partition coefficient (Wildman–Crippen LogP) is 2.55. The first-order chi connectivity index (χ1) is 9.65. The van der Waals surface area contributed by atoms with E-state index in [-0.39, 0.29) is 11.8 Å². The molecular formula is C14H19N3O2S. The predicted molar refractivity (Wildman–Crippen MR) is 77.7 cm³/mol. The number of rotatable bonds is 7. The highest BCUT2D eigenvalue weighted by Crippen LogP contribution is 2.10. The van der Waals surface area contributed by atoms with Gasteiger partial charge in [-0.3, -0.25) is 4.79 Å². The summed E-state index contributed by atoms with van der Waals surface area (Å²) >= 11 is 1.60. The molecule has 2 heterocycles. The fourth-order valence-corrected chi connectivity index (χ4v) is 2.41. The molecule has 6 heteroatoms. The molecule has 5 nitrogen and oxygen atoms in total. The molecule has 1 amide bonds. The first-order valence-electron chi connectivity index (χ1n) is 6.76. The second-order valence-electron chi connectivity index (χ2n) is 4.91. The van der Waals surface area contributed by atoms with Gasteiger partial charge in [0.2, 0.25) is 11.8 Å². The Morgan fingerprint density at radius 2 is 2.35 bits per heavy atom. The molecule has 0 aliphatic carbocycles. The third-order valence-corrected chi connectivity index (χ3v) is 3.68. The Morgan fingerprint density at radius 1 is 1.50 bits per heavy atom. The van der Waals surface area contributed by atoms with Crippen LogP contribution in [0.3, 0.4) is 0 Å². The van der Waals surface area contributed by atoms with Crippen molar-refractivity contribution in [2.24, 2.45) is 0 Å². The molecule has 0 fully saturated rings. The lowest BCUT2D eigenvalue weighted by molar-refractivity contribution is -0.120. The number of aromatic nitrogens is 2. The minimum Gasteiger partial charge on any atom is -0.356 e. The van der Waals surface area contributed by atoms with Gasteiger partial charge in [0.25, 0.3) is 0 Å². The van der Waals surface area contributed by atoms with Gasteiger partial charge in [0.1, 0.15) is 0 Å². The van der Waals surface area contributed by atoms with Gasteiger partial charge in [-0.2, -0.15) is 4.98 Å².